The zero-order valence-electron chi connectivity index (χ0n) is 8.94. The van der Waals surface area contributed by atoms with Gasteiger partial charge in [-0.15, -0.1) is 0 Å². The van der Waals surface area contributed by atoms with Gasteiger partial charge in [-0.25, -0.2) is 0 Å². The van der Waals surface area contributed by atoms with Gasteiger partial charge in [-0.1, -0.05) is 18.2 Å². The van der Waals surface area contributed by atoms with E-state index in [1.165, 1.54) is 11.1 Å². The van der Waals surface area contributed by atoms with Crippen LogP contribution in [0.1, 0.15) is 18.9 Å². The van der Waals surface area contributed by atoms with Gasteiger partial charge in [0.05, 0.1) is 13.2 Å². The molecule has 0 radical (unpaired) electrons. The van der Waals surface area contributed by atoms with Crippen LogP contribution >= 0.6 is 0 Å². The molecule has 0 atom stereocenters. The molecule has 78 valence electrons. The SMILES string of the molecule is CCOc1cccc(C2=CCN=CC2)c1. The molecule has 2 heteroatoms. The molecule has 2 nitrogen and oxygen atoms in total. The average Bonchev–Trinajstić information content (AvgIpc) is 2.31. The van der Waals surface area contributed by atoms with Crippen molar-refractivity contribution in [2.75, 3.05) is 13.2 Å². The van der Waals surface area contributed by atoms with E-state index in [2.05, 4.69) is 23.2 Å². The van der Waals surface area contributed by atoms with E-state index >= 15 is 0 Å². The van der Waals surface area contributed by atoms with Gasteiger partial charge in [0.15, 0.2) is 0 Å². The molecule has 0 amide bonds. The molecule has 1 aliphatic rings. The van der Waals surface area contributed by atoms with E-state index < -0.39 is 0 Å². The number of nitrogens with zero attached hydrogens (tertiary/aromatic N) is 1. The molecule has 0 saturated heterocycles. The van der Waals surface area contributed by atoms with Gasteiger partial charge >= 0.3 is 0 Å². The van der Waals surface area contributed by atoms with Crippen LogP contribution in [0.5, 0.6) is 5.75 Å². The quantitative estimate of drug-likeness (QED) is 0.736. The first-order valence-electron chi connectivity index (χ1n) is 5.30. The van der Waals surface area contributed by atoms with Gasteiger partial charge in [-0.3, -0.25) is 4.99 Å². The molecule has 0 fully saturated rings. The highest BCUT2D eigenvalue weighted by atomic mass is 16.5. The lowest BCUT2D eigenvalue weighted by Gasteiger charge is -2.10. The van der Waals surface area contributed by atoms with Crippen molar-refractivity contribution in [1.82, 2.24) is 0 Å². The smallest absolute Gasteiger partial charge is 0.119 e. The van der Waals surface area contributed by atoms with Crippen LogP contribution in [0.15, 0.2) is 35.3 Å². The minimum Gasteiger partial charge on any atom is -0.494 e. The second-order valence-corrected chi connectivity index (χ2v) is 3.44. The molecule has 1 aliphatic heterocycles. The normalized spacial score (nSPS) is 14.9. The van der Waals surface area contributed by atoms with Crippen molar-refractivity contribution >= 4 is 11.8 Å². The molecule has 0 N–H and O–H groups in total. The fraction of sp³-hybridized carbons (Fsp3) is 0.308. The van der Waals surface area contributed by atoms with Gasteiger partial charge < -0.3 is 4.74 Å². The van der Waals surface area contributed by atoms with Gasteiger partial charge in [0.1, 0.15) is 5.75 Å². The molecule has 0 spiro atoms. The summed E-state index contributed by atoms with van der Waals surface area (Å²) in [5, 5.41) is 0. The van der Waals surface area contributed by atoms with E-state index in [1.54, 1.807) is 0 Å². The summed E-state index contributed by atoms with van der Waals surface area (Å²) >= 11 is 0. The van der Waals surface area contributed by atoms with Crippen molar-refractivity contribution in [3.63, 3.8) is 0 Å². The van der Waals surface area contributed by atoms with Crippen LogP contribution < -0.4 is 4.74 Å². The Morgan fingerprint density at radius 1 is 1.40 bits per heavy atom. The van der Waals surface area contributed by atoms with Crippen LogP contribution in [0.3, 0.4) is 0 Å². The summed E-state index contributed by atoms with van der Waals surface area (Å²) in [4.78, 5) is 4.18. The standard InChI is InChI=1S/C13H15NO/c1-2-15-13-5-3-4-12(10-13)11-6-8-14-9-7-11/h3-6,9-10H,2,7-8H2,1H3. The zero-order chi connectivity index (χ0) is 10.5. The van der Waals surface area contributed by atoms with Crippen molar-refractivity contribution in [2.24, 2.45) is 4.99 Å². The number of hydrogen-bond acceptors (Lipinski definition) is 2. The Labute approximate surface area is 90.3 Å². The number of benzene rings is 1. The molecule has 1 heterocycles. The summed E-state index contributed by atoms with van der Waals surface area (Å²) in [6.45, 7) is 3.51. The van der Waals surface area contributed by atoms with Gasteiger partial charge in [0.2, 0.25) is 0 Å². The van der Waals surface area contributed by atoms with Crippen molar-refractivity contribution in [1.29, 1.82) is 0 Å². The van der Waals surface area contributed by atoms with Crippen LogP contribution in [-0.2, 0) is 0 Å². The summed E-state index contributed by atoms with van der Waals surface area (Å²) in [5.74, 6) is 0.943. The second kappa shape index (κ2) is 4.78. The number of allylic oxidation sites excluding steroid dienone is 1. The Bertz CT molecular complexity index is 393. The van der Waals surface area contributed by atoms with Gasteiger partial charge in [-0.2, -0.15) is 0 Å². The van der Waals surface area contributed by atoms with E-state index in [4.69, 9.17) is 4.74 Å². The summed E-state index contributed by atoms with van der Waals surface area (Å²) in [5.41, 5.74) is 2.58. The third-order valence-electron chi connectivity index (χ3n) is 2.40. The van der Waals surface area contributed by atoms with Crippen LogP contribution in [-0.4, -0.2) is 19.4 Å². The molecular weight excluding hydrogens is 186 g/mol. The number of ether oxygens (including phenoxy) is 1. The van der Waals surface area contributed by atoms with E-state index in [0.29, 0.717) is 6.61 Å². The van der Waals surface area contributed by atoms with Crippen molar-refractivity contribution < 1.29 is 4.74 Å². The Hall–Kier alpha value is -1.57. The first-order valence-corrected chi connectivity index (χ1v) is 5.30. The molecule has 1 aromatic rings. The minimum absolute atomic E-state index is 0.712. The Kier molecular flexibility index (Phi) is 3.18. The average molecular weight is 201 g/mol. The minimum atomic E-state index is 0.712. The number of rotatable bonds is 3. The molecule has 2 rings (SSSR count). The van der Waals surface area contributed by atoms with Crippen LogP contribution in [0, 0.1) is 0 Å². The highest BCUT2D eigenvalue weighted by molar-refractivity contribution is 5.81. The first-order chi connectivity index (χ1) is 7.40. The molecule has 0 saturated carbocycles. The molecule has 0 bridgehead atoms. The maximum absolute atomic E-state index is 5.48. The summed E-state index contributed by atoms with van der Waals surface area (Å²) in [6.07, 6.45) is 5.07. The largest absolute Gasteiger partial charge is 0.494 e. The highest BCUT2D eigenvalue weighted by Gasteiger charge is 2.03. The number of hydrogen-bond donors (Lipinski definition) is 0. The predicted octanol–water partition coefficient (Wildman–Crippen LogP) is 2.94. The molecule has 15 heavy (non-hydrogen) atoms. The second-order valence-electron chi connectivity index (χ2n) is 3.44. The summed E-state index contributed by atoms with van der Waals surface area (Å²) in [6, 6.07) is 8.24. The van der Waals surface area contributed by atoms with E-state index in [1.807, 2.05) is 25.3 Å². The van der Waals surface area contributed by atoms with Gasteiger partial charge in [0, 0.05) is 12.6 Å². The van der Waals surface area contributed by atoms with Crippen molar-refractivity contribution in [2.45, 2.75) is 13.3 Å². The Morgan fingerprint density at radius 3 is 3.07 bits per heavy atom. The fourth-order valence-corrected chi connectivity index (χ4v) is 1.67. The monoisotopic (exact) mass is 201 g/mol. The molecular formula is C13H15NO. The highest BCUT2D eigenvalue weighted by Crippen LogP contribution is 2.23. The van der Waals surface area contributed by atoms with Crippen LogP contribution in [0.25, 0.3) is 5.57 Å². The third kappa shape index (κ3) is 2.46. The van der Waals surface area contributed by atoms with Crippen molar-refractivity contribution in [3.05, 3.63) is 35.9 Å². The topological polar surface area (TPSA) is 21.6 Å². The maximum Gasteiger partial charge on any atom is 0.119 e. The van der Waals surface area contributed by atoms with Crippen LogP contribution in [0.4, 0.5) is 0 Å². The van der Waals surface area contributed by atoms with Gasteiger partial charge in [-0.05, 0) is 30.2 Å². The third-order valence-corrected chi connectivity index (χ3v) is 2.40. The lowest BCUT2D eigenvalue weighted by Crippen LogP contribution is -1.96. The molecule has 0 unspecified atom stereocenters. The van der Waals surface area contributed by atoms with E-state index in [0.717, 1.165) is 18.7 Å². The van der Waals surface area contributed by atoms with E-state index in [9.17, 15) is 0 Å². The van der Waals surface area contributed by atoms with Gasteiger partial charge in [0.25, 0.3) is 0 Å². The lowest BCUT2D eigenvalue weighted by molar-refractivity contribution is 0.340. The Morgan fingerprint density at radius 2 is 2.33 bits per heavy atom. The zero-order valence-corrected chi connectivity index (χ0v) is 8.94. The predicted molar refractivity (Wildman–Crippen MR) is 63.6 cm³/mol. The number of dihydropyridines is 1. The fourth-order valence-electron chi connectivity index (χ4n) is 1.67. The van der Waals surface area contributed by atoms with E-state index in [-0.39, 0.29) is 0 Å². The molecule has 0 aliphatic carbocycles. The Balaban J connectivity index is 2.20. The molecule has 0 aromatic heterocycles. The maximum atomic E-state index is 5.48. The lowest BCUT2D eigenvalue weighted by atomic mass is 10.0. The first kappa shape index (κ1) is 9.97. The van der Waals surface area contributed by atoms with Crippen molar-refractivity contribution in [3.8, 4) is 5.75 Å². The molecule has 1 aromatic carbocycles. The number of aliphatic imine (C=N–C) groups is 1. The van der Waals surface area contributed by atoms with Crippen LogP contribution in [0.2, 0.25) is 0 Å². The summed E-state index contributed by atoms with van der Waals surface area (Å²) < 4.78 is 5.48. The summed E-state index contributed by atoms with van der Waals surface area (Å²) in [7, 11) is 0.